The van der Waals surface area contributed by atoms with Crippen LogP contribution in [-0.4, -0.2) is 11.8 Å². The SMILES string of the molecule is N[C@@H]1CSC=C2C=CC(Br)=C[C@@H]21. The Morgan fingerprint density at radius 1 is 1.50 bits per heavy atom. The van der Waals surface area contributed by atoms with Crippen LogP contribution in [0.15, 0.2) is 33.7 Å². The lowest BCUT2D eigenvalue weighted by Gasteiger charge is -2.27. The largest absolute Gasteiger partial charge is 0.326 e. The van der Waals surface area contributed by atoms with Crippen LogP contribution >= 0.6 is 27.7 Å². The van der Waals surface area contributed by atoms with Crippen molar-refractivity contribution in [3.05, 3.63) is 33.7 Å². The minimum absolute atomic E-state index is 0.271. The number of allylic oxidation sites excluding steroid dienone is 3. The zero-order chi connectivity index (χ0) is 8.55. The van der Waals surface area contributed by atoms with E-state index < -0.39 is 0 Å². The second-order valence-corrected chi connectivity index (χ2v) is 4.84. The molecule has 0 aromatic carbocycles. The van der Waals surface area contributed by atoms with Crippen molar-refractivity contribution in [1.29, 1.82) is 0 Å². The molecule has 0 spiro atoms. The van der Waals surface area contributed by atoms with Gasteiger partial charge in [-0.15, -0.1) is 11.8 Å². The number of nitrogens with two attached hydrogens (primary N) is 1. The van der Waals surface area contributed by atoms with E-state index in [0.717, 1.165) is 10.2 Å². The van der Waals surface area contributed by atoms with Crippen LogP contribution < -0.4 is 5.73 Å². The summed E-state index contributed by atoms with van der Waals surface area (Å²) in [6.45, 7) is 0. The molecular weight excluding hydrogens is 234 g/mol. The molecule has 12 heavy (non-hydrogen) atoms. The predicted molar refractivity (Wildman–Crippen MR) is 58.2 cm³/mol. The van der Waals surface area contributed by atoms with E-state index in [1.165, 1.54) is 5.57 Å². The van der Waals surface area contributed by atoms with Crippen LogP contribution in [-0.2, 0) is 0 Å². The Kier molecular flexibility index (Phi) is 2.44. The lowest BCUT2D eigenvalue weighted by Crippen LogP contribution is -2.34. The van der Waals surface area contributed by atoms with Gasteiger partial charge in [-0.05, 0) is 17.1 Å². The fourth-order valence-electron chi connectivity index (χ4n) is 1.46. The van der Waals surface area contributed by atoms with Crippen LogP contribution in [0, 0.1) is 5.92 Å². The van der Waals surface area contributed by atoms with Crippen molar-refractivity contribution in [3.8, 4) is 0 Å². The summed E-state index contributed by atoms with van der Waals surface area (Å²) >= 11 is 5.27. The van der Waals surface area contributed by atoms with Crippen LogP contribution in [0.1, 0.15) is 0 Å². The highest BCUT2D eigenvalue weighted by Gasteiger charge is 2.23. The van der Waals surface area contributed by atoms with E-state index in [4.69, 9.17) is 5.73 Å². The molecule has 0 bridgehead atoms. The minimum Gasteiger partial charge on any atom is -0.326 e. The van der Waals surface area contributed by atoms with Crippen molar-refractivity contribution >= 4 is 27.7 Å². The van der Waals surface area contributed by atoms with Gasteiger partial charge in [0.15, 0.2) is 0 Å². The fourth-order valence-corrected chi connectivity index (χ4v) is 2.83. The van der Waals surface area contributed by atoms with Gasteiger partial charge in [-0.2, -0.15) is 0 Å². The summed E-state index contributed by atoms with van der Waals surface area (Å²) in [5, 5.41) is 2.21. The molecule has 0 amide bonds. The fraction of sp³-hybridized carbons (Fsp3) is 0.333. The summed E-state index contributed by atoms with van der Waals surface area (Å²) < 4.78 is 1.15. The molecule has 1 nitrogen and oxygen atoms in total. The Bertz CT molecular complexity index is 277. The summed E-state index contributed by atoms with van der Waals surface area (Å²) in [5.41, 5.74) is 7.34. The summed E-state index contributed by atoms with van der Waals surface area (Å²) in [6.07, 6.45) is 6.40. The standard InChI is InChI=1S/C9H10BrNS/c10-7-2-1-6-4-12-5-9(11)8(6)3-7/h1-4,8-9H,5,11H2/t8-,9+/m0/s1. The molecule has 1 heterocycles. The minimum atomic E-state index is 0.271. The molecule has 2 aliphatic rings. The van der Waals surface area contributed by atoms with Gasteiger partial charge in [-0.3, -0.25) is 0 Å². The molecule has 0 radical (unpaired) electrons. The average molecular weight is 244 g/mol. The number of thioether (sulfide) groups is 1. The van der Waals surface area contributed by atoms with Crippen molar-refractivity contribution in [2.24, 2.45) is 11.7 Å². The van der Waals surface area contributed by atoms with E-state index in [-0.39, 0.29) is 6.04 Å². The van der Waals surface area contributed by atoms with Crippen molar-refractivity contribution < 1.29 is 0 Å². The van der Waals surface area contributed by atoms with E-state index in [1.54, 1.807) is 0 Å². The van der Waals surface area contributed by atoms with Crippen molar-refractivity contribution in [1.82, 2.24) is 0 Å². The summed E-state index contributed by atoms with van der Waals surface area (Å²) in [6, 6.07) is 0.271. The first-order valence-electron chi connectivity index (χ1n) is 3.90. The molecule has 0 saturated carbocycles. The molecule has 0 saturated heterocycles. The van der Waals surface area contributed by atoms with Gasteiger partial charge in [0.25, 0.3) is 0 Å². The maximum Gasteiger partial charge on any atom is 0.0239 e. The quantitative estimate of drug-likeness (QED) is 0.708. The Morgan fingerprint density at radius 3 is 3.17 bits per heavy atom. The van der Waals surface area contributed by atoms with Crippen LogP contribution in [0.3, 0.4) is 0 Å². The smallest absolute Gasteiger partial charge is 0.0239 e. The van der Waals surface area contributed by atoms with E-state index in [0.29, 0.717) is 5.92 Å². The molecule has 1 aliphatic carbocycles. The maximum absolute atomic E-state index is 5.99. The second-order valence-electron chi connectivity index (χ2n) is 3.03. The predicted octanol–water partition coefficient (Wildman–Crippen LogP) is 2.41. The summed E-state index contributed by atoms with van der Waals surface area (Å²) in [7, 11) is 0. The first kappa shape index (κ1) is 8.60. The highest BCUT2D eigenvalue weighted by atomic mass is 79.9. The van der Waals surface area contributed by atoms with Gasteiger partial charge in [-0.25, -0.2) is 0 Å². The molecule has 2 N–H and O–H groups in total. The van der Waals surface area contributed by atoms with Crippen molar-refractivity contribution in [2.45, 2.75) is 6.04 Å². The van der Waals surface area contributed by atoms with Gasteiger partial charge in [0.1, 0.15) is 0 Å². The Labute approximate surface area is 84.9 Å². The summed E-state index contributed by atoms with van der Waals surface area (Å²) in [4.78, 5) is 0. The van der Waals surface area contributed by atoms with Crippen LogP contribution in [0.2, 0.25) is 0 Å². The average Bonchev–Trinajstić information content (AvgIpc) is 2.07. The Morgan fingerprint density at radius 2 is 2.33 bits per heavy atom. The molecule has 0 fully saturated rings. The highest BCUT2D eigenvalue weighted by molar-refractivity contribution is 9.11. The zero-order valence-corrected chi connectivity index (χ0v) is 8.94. The number of hydrogen-bond acceptors (Lipinski definition) is 2. The number of halogens is 1. The van der Waals surface area contributed by atoms with Gasteiger partial charge < -0.3 is 5.73 Å². The number of fused-ring (bicyclic) bond motifs is 1. The van der Waals surface area contributed by atoms with Gasteiger partial charge >= 0.3 is 0 Å². The van der Waals surface area contributed by atoms with E-state index in [9.17, 15) is 0 Å². The van der Waals surface area contributed by atoms with Gasteiger partial charge in [0.2, 0.25) is 0 Å². The third kappa shape index (κ3) is 1.53. The molecule has 0 unspecified atom stereocenters. The topological polar surface area (TPSA) is 26.0 Å². The van der Waals surface area contributed by atoms with E-state index in [1.807, 2.05) is 11.8 Å². The molecule has 2 atom stereocenters. The first-order chi connectivity index (χ1) is 5.77. The lowest BCUT2D eigenvalue weighted by molar-refractivity contribution is 0.617. The van der Waals surface area contributed by atoms with Gasteiger partial charge in [-0.1, -0.05) is 28.1 Å². The van der Waals surface area contributed by atoms with Crippen LogP contribution in [0.5, 0.6) is 0 Å². The molecular formula is C9H10BrNS. The summed E-state index contributed by atoms with van der Waals surface area (Å²) in [5.74, 6) is 1.45. The van der Waals surface area contributed by atoms with Crippen molar-refractivity contribution in [2.75, 3.05) is 5.75 Å². The van der Waals surface area contributed by atoms with Crippen LogP contribution in [0.4, 0.5) is 0 Å². The molecule has 0 aromatic rings. The monoisotopic (exact) mass is 243 g/mol. The van der Waals surface area contributed by atoms with Gasteiger partial charge in [0.05, 0.1) is 0 Å². The lowest BCUT2D eigenvalue weighted by atomic mass is 9.90. The second kappa shape index (κ2) is 3.40. The highest BCUT2D eigenvalue weighted by Crippen LogP contribution is 2.33. The first-order valence-corrected chi connectivity index (χ1v) is 5.74. The van der Waals surface area contributed by atoms with E-state index >= 15 is 0 Å². The third-order valence-corrected chi connectivity index (χ3v) is 3.67. The Balaban J connectivity index is 2.32. The zero-order valence-electron chi connectivity index (χ0n) is 6.53. The molecule has 2 rings (SSSR count). The third-order valence-electron chi connectivity index (χ3n) is 2.13. The Hall–Kier alpha value is 0.01000. The van der Waals surface area contributed by atoms with Crippen molar-refractivity contribution in [3.63, 3.8) is 0 Å². The molecule has 64 valence electrons. The normalized spacial score (nSPS) is 33.8. The molecule has 3 heteroatoms. The van der Waals surface area contributed by atoms with Crippen LogP contribution in [0.25, 0.3) is 0 Å². The number of rotatable bonds is 0. The molecule has 0 aromatic heterocycles. The maximum atomic E-state index is 5.99. The van der Waals surface area contributed by atoms with Gasteiger partial charge in [0, 0.05) is 22.2 Å². The number of hydrogen-bond donors (Lipinski definition) is 1. The molecule has 1 aliphatic heterocycles. The van der Waals surface area contributed by atoms with E-state index in [2.05, 4.69) is 39.6 Å².